The number of benzene rings is 1. The van der Waals surface area contributed by atoms with E-state index in [4.69, 9.17) is 10.4 Å². The van der Waals surface area contributed by atoms with Crippen LogP contribution in [0.2, 0.25) is 0 Å². The van der Waals surface area contributed by atoms with E-state index in [1.807, 2.05) is 19.9 Å². The molecule has 5 heteroatoms. The second-order valence-electron chi connectivity index (χ2n) is 4.38. The van der Waals surface area contributed by atoms with Gasteiger partial charge < -0.3 is 10.4 Å². The topological polar surface area (TPSA) is 90.2 Å². The molecule has 0 saturated carbocycles. The maximum absolute atomic E-state index is 11.8. The molecule has 0 unspecified atom stereocenters. The highest BCUT2D eigenvalue weighted by Crippen LogP contribution is 2.09. The molecule has 1 atom stereocenters. The third-order valence-corrected chi connectivity index (χ3v) is 2.82. The zero-order valence-electron chi connectivity index (χ0n) is 11.4. The number of nitriles is 1. The molecule has 0 bridgehead atoms. The van der Waals surface area contributed by atoms with Crippen molar-refractivity contribution in [1.82, 2.24) is 5.32 Å². The molecule has 0 aromatic heterocycles. The first-order chi connectivity index (χ1) is 9.47. The highest BCUT2D eigenvalue weighted by Gasteiger charge is 2.11. The molecule has 0 aliphatic heterocycles. The van der Waals surface area contributed by atoms with Crippen LogP contribution < -0.4 is 5.32 Å². The Labute approximate surface area is 117 Å². The summed E-state index contributed by atoms with van der Waals surface area (Å²) in [6, 6.07) is 7.80. The van der Waals surface area contributed by atoms with Crippen molar-refractivity contribution in [3.8, 4) is 6.07 Å². The maximum atomic E-state index is 11.8. The molecule has 1 aromatic carbocycles. The fourth-order valence-corrected chi connectivity index (χ4v) is 1.44. The standard InChI is InChI=1S/C15H16N2O3/c1-3-10(2)17-14(18)13(9-16)8-11-4-6-12(7-5-11)15(19)20/h4-8,10H,3H2,1-2H3,(H,17,18)(H,19,20)/b13-8+/t10-/m1/s1. The number of carbonyl (C=O) groups is 2. The van der Waals surface area contributed by atoms with Crippen LogP contribution in [0.5, 0.6) is 0 Å². The van der Waals surface area contributed by atoms with Crippen LogP contribution in [0.15, 0.2) is 29.8 Å². The van der Waals surface area contributed by atoms with Gasteiger partial charge in [0.15, 0.2) is 0 Å². The minimum atomic E-state index is -1.02. The van der Waals surface area contributed by atoms with Crippen LogP contribution in [0, 0.1) is 11.3 Å². The number of nitrogens with one attached hydrogen (secondary N) is 1. The lowest BCUT2D eigenvalue weighted by atomic mass is 10.1. The molecule has 0 saturated heterocycles. The van der Waals surface area contributed by atoms with Crippen molar-refractivity contribution in [2.75, 3.05) is 0 Å². The third kappa shape index (κ3) is 4.25. The SMILES string of the molecule is CC[C@@H](C)NC(=O)/C(C#N)=C/c1ccc(C(=O)O)cc1. The van der Waals surface area contributed by atoms with E-state index < -0.39 is 11.9 Å². The summed E-state index contributed by atoms with van der Waals surface area (Å²) in [6.45, 7) is 3.79. The zero-order chi connectivity index (χ0) is 15.1. The number of hydrogen-bond acceptors (Lipinski definition) is 3. The van der Waals surface area contributed by atoms with E-state index in [0.717, 1.165) is 6.42 Å². The zero-order valence-corrected chi connectivity index (χ0v) is 11.4. The molecule has 0 heterocycles. The van der Waals surface area contributed by atoms with Gasteiger partial charge in [0, 0.05) is 6.04 Å². The molecule has 0 aliphatic rings. The van der Waals surface area contributed by atoms with E-state index in [0.29, 0.717) is 5.56 Å². The van der Waals surface area contributed by atoms with Gasteiger partial charge in [0.25, 0.3) is 5.91 Å². The second-order valence-corrected chi connectivity index (χ2v) is 4.38. The van der Waals surface area contributed by atoms with Crippen LogP contribution in [-0.4, -0.2) is 23.0 Å². The van der Waals surface area contributed by atoms with E-state index in [1.165, 1.54) is 18.2 Å². The van der Waals surface area contributed by atoms with Crippen molar-refractivity contribution in [3.63, 3.8) is 0 Å². The molecule has 5 nitrogen and oxygen atoms in total. The number of carbonyl (C=O) groups excluding carboxylic acids is 1. The predicted octanol–water partition coefficient (Wildman–Crippen LogP) is 2.21. The van der Waals surface area contributed by atoms with Crippen molar-refractivity contribution in [3.05, 3.63) is 41.0 Å². The molecule has 2 N–H and O–H groups in total. The van der Waals surface area contributed by atoms with Crippen LogP contribution >= 0.6 is 0 Å². The van der Waals surface area contributed by atoms with Gasteiger partial charge in [0.1, 0.15) is 11.6 Å². The van der Waals surface area contributed by atoms with Crippen LogP contribution in [0.4, 0.5) is 0 Å². The van der Waals surface area contributed by atoms with Crippen LogP contribution in [-0.2, 0) is 4.79 Å². The number of carboxylic acid groups (broad SMARTS) is 1. The molecule has 1 aromatic rings. The lowest BCUT2D eigenvalue weighted by molar-refractivity contribution is -0.117. The number of rotatable bonds is 5. The Morgan fingerprint density at radius 1 is 1.40 bits per heavy atom. The number of carboxylic acids is 1. The van der Waals surface area contributed by atoms with Crippen LogP contribution in [0.1, 0.15) is 36.2 Å². The normalized spacial score (nSPS) is 12.3. The lowest BCUT2D eigenvalue weighted by Crippen LogP contribution is -2.32. The van der Waals surface area contributed by atoms with Crippen molar-refractivity contribution in [1.29, 1.82) is 5.26 Å². The molecular weight excluding hydrogens is 256 g/mol. The molecular formula is C15H16N2O3. The van der Waals surface area contributed by atoms with E-state index >= 15 is 0 Å². The van der Waals surface area contributed by atoms with E-state index in [9.17, 15) is 9.59 Å². The van der Waals surface area contributed by atoms with E-state index in [2.05, 4.69) is 5.32 Å². The van der Waals surface area contributed by atoms with Gasteiger partial charge >= 0.3 is 5.97 Å². The largest absolute Gasteiger partial charge is 0.478 e. The molecule has 1 amide bonds. The molecule has 0 spiro atoms. The summed E-state index contributed by atoms with van der Waals surface area (Å²) in [5.41, 5.74) is 0.754. The summed E-state index contributed by atoms with van der Waals surface area (Å²) in [6.07, 6.45) is 2.21. The van der Waals surface area contributed by atoms with Gasteiger partial charge in [-0.3, -0.25) is 4.79 Å². The van der Waals surface area contributed by atoms with Gasteiger partial charge in [-0.2, -0.15) is 5.26 Å². The molecule has 0 aliphatic carbocycles. The Bertz CT molecular complexity index is 568. The van der Waals surface area contributed by atoms with E-state index in [1.54, 1.807) is 12.1 Å². The average molecular weight is 272 g/mol. The summed E-state index contributed by atoms with van der Waals surface area (Å²) < 4.78 is 0. The monoisotopic (exact) mass is 272 g/mol. The number of aromatic carboxylic acids is 1. The Morgan fingerprint density at radius 2 is 2.00 bits per heavy atom. The molecule has 1 rings (SSSR count). The number of amides is 1. The van der Waals surface area contributed by atoms with Gasteiger partial charge in [-0.1, -0.05) is 19.1 Å². The quantitative estimate of drug-likeness (QED) is 0.635. The summed E-state index contributed by atoms with van der Waals surface area (Å²) in [7, 11) is 0. The van der Waals surface area contributed by atoms with Crippen molar-refractivity contribution < 1.29 is 14.7 Å². The third-order valence-electron chi connectivity index (χ3n) is 2.82. The number of nitrogens with zero attached hydrogens (tertiary/aromatic N) is 1. The van der Waals surface area contributed by atoms with Gasteiger partial charge in [0.05, 0.1) is 5.56 Å². The lowest BCUT2D eigenvalue weighted by Gasteiger charge is -2.10. The number of hydrogen-bond donors (Lipinski definition) is 2. The minimum Gasteiger partial charge on any atom is -0.478 e. The van der Waals surface area contributed by atoms with Crippen molar-refractivity contribution in [2.24, 2.45) is 0 Å². The van der Waals surface area contributed by atoms with Gasteiger partial charge in [-0.25, -0.2) is 4.79 Å². The van der Waals surface area contributed by atoms with Crippen molar-refractivity contribution >= 4 is 18.0 Å². The fraction of sp³-hybridized carbons (Fsp3) is 0.267. The summed E-state index contributed by atoms with van der Waals surface area (Å²) in [4.78, 5) is 22.5. The molecule has 0 radical (unpaired) electrons. The summed E-state index contributed by atoms with van der Waals surface area (Å²) in [5, 5.41) is 20.5. The Balaban J connectivity index is 2.92. The highest BCUT2D eigenvalue weighted by molar-refractivity contribution is 6.01. The molecule has 104 valence electrons. The molecule has 0 fully saturated rings. The first kappa shape index (κ1) is 15.4. The van der Waals surface area contributed by atoms with Gasteiger partial charge in [0.2, 0.25) is 0 Å². The first-order valence-corrected chi connectivity index (χ1v) is 6.24. The summed E-state index contributed by atoms with van der Waals surface area (Å²) in [5.74, 6) is -1.44. The minimum absolute atomic E-state index is 0.00589. The second kappa shape index (κ2) is 7.10. The Morgan fingerprint density at radius 3 is 2.45 bits per heavy atom. The maximum Gasteiger partial charge on any atom is 0.335 e. The Hall–Kier alpha value is -2.61. The highest BCUT2D eigenvalue weighted by atomic mass is 16.4. The van der Waals surface area contributed by atoms with Crippen LogP contribution in [0.25, 0.3) is 6.08 Å². The Kier molecular flexibility index (Phi) is 5.48. The summed E-state index contributed by atoms with van der Waals surface area (Å²) >= 11 is 0. The smallest absolute Gasteiger partial charge is 0.335 e. The fourth-order valence-electron chi connectivity index (χ4n) is 1.44. The van der Waals surface area contributed by atoms with E-state index in [-0.39, 0.29) is 17.2 Å². The van der Waals surface area contributed by atoms with Gasteiger partial charge in [-0.05, 0) is 37.1 Å². The average Bonchev–Trinajstić information content (AvgIpc) is 2.44. The molecule has 20 heavy (non-hydrogen) atoms. The van der Waals surface area contributed by atoms with Crippen LogP contribution in [0.3, 0.4) is 0 Å². The predicted molar refractivity (Wildman–Crippen MR) is 74.9 cm³/mol. The van der Waals surface area contributed by atoms with Crippen molar-refractivity contribution in [2.45, 2.75) is 26.3 Å². The first-order valence-electron chi connectivity index (χ1n) is 6.24. The van der Waals surface area contributed by atoms with Gasteiger partial charge in [-0.15, -0.1) is 0 Å².